The van der Waals surface area contributed by atoms with Crippen LogP contribution in [0.4, 0.5) is 4.79 Å². The van der Waals surface area contributed by atoms with Crippen molar-refractivity contribution in [2.24, 2.45) is 11.7 Å². The van der Waals surface area contributed by atoms with Gasteiger partial charge in [-0.15, -0.1) is 0 Å². The van der Waals surface area contributed by atoms with Gasteiger partial charge in [-0.1, -0.05) is 38.1 Å². The van der Waals surface area contributed by atoms with Gasteiger partial charge in [0.2, 0.25) is 5.91 Å². The van der Waals surface area contributed by atoms with Crippen LogP contribution in [0.5, 0.6) is 0 Å². The first-order chi connectivity index (χ1) is 11.5. The number of nitrogens with two attached hydrogens (primary N) is 1. The molecule has 1 aromatic heterocycles. The smallest absolute Gasteiger partial charge is 0.312 e. The Morgan fingerprint density at radius 1 is 1.25 bits per heavy atom. The zero-order chi connectivity index (χ0) is 17.5. The Hall–Kier alpha value is -2.90. The molecule has 2 rings (SSSR count). The van der Waals surface area contributed by atoms with Crippen molar-refractivity contribution in [2.75, 3.05) is 0 Å². The summed E-state index contributed by atoms with van der Waals surface area (Å²) in [5, 5.41) is 9.41. The summed E-state index contributed by atoms with van der Waals surface area (Å²) >= 11 is 0. The van der Waals surface area contributed by atoms with Gasteiger partial charge in [0.25, 0.3) is 0 Å². The number of amides is 3. The number of rotatable bonds is 7. The Labute approximate surface area is 140 Å². The first kappa shape index (κ1) is 17.5. The third kappa shape index (κ3) is 4.80. The van der Waals surface area contributed by atoms with Gasteiger partial charge in [-0.05, 0) is 17.0 Å². The topological polar surface area (TPSA) is 115 Å². The highest BCUT2D eigenvalue weighted by atomic mass is 16.2. The fourth-order valence-corrected chi connectivity index (χ4v) is 2.35. The van der Waals surface area contributed by atoms with E-state index in [4.69, 9.17) is 5.73 Å². The highest BCUT2D eigenvalue weighted by molar-refractivity contribution is 5.86. The van der Waals surface area contributed by atoms with E-state index in [1.54, 1.807) is 11.0 Å². The quantitative estimate of drug-likeness (QED) is 0.691. The van der Waals surface area contributed by atoms with Gasteiger partial charge in [-0.2, -0.15) is 5.10 Å². The van der Waals surface area contributed by atoms with Gasteiger partial charge in [0, 0.05) is 6.54 Å². The van der Waals surface area contributed by atoms with Crippen molar-refractivity contribution in [3.05, 3.63) is 48.0 Å². The maximum Gasteiger partial charge on any atom is 0.312 e. The third-order valence-electron chi connectivity index (χ3n) is 3.62. The van der Waals surface area contributed by atoms with Crippen molar-refractivity contribution in [1.82, 2.24) is 25.4 Å². The fraction of sp³-hybridized carbons (Fsp3) is 0.375. The lowest BCUT2D eigenvalue weighted by Crippen LogP contribution is -2.51. The first-order valence-corrected chi connectivity index (χ1v) is 7.70. The summed E-state index contributed by atoms with van der Waals surface area (Å²) in [6.45, 7) is 4.62. The molecule has 3 amide bonds. The Balaban J connectivity index is 2.03. The summed E-state index contributed by atoms with van der Waals surface area (Å²) in [5.74, 6) is -0.331. The van der Waals surface area contributed by atoms with Crippen LogP contribution in [0.25, 0.3) is 0 Å². The number of aromatic nitrogens is 3. The fourth-order valence-electron chi connectivity index (χ4n) is 2.35. The number of nitrogens with one attached hydrogen (secondary N) is 2. The summed E-state index contributed by atoms with van der Waals surface area (Å²) < 4.78 is 1.71. The van der Waals surface area contributed by atoms with Crippen LogP contribution in [0.3, 0.4) is 0 Å². The number of carbonyl (C=O) groups is 2. The molecule has 0 spiro atoms. The van der Waals surface area contributed by atoms with Crippen molar-refractivity contribution < 1.29 is 9.59 Å². The second kappa shape index (κ2) is 8.09. The van der Waals surface area contributed by atoms with E-state index in [-0.39, 0.29) is 11.8 Å². The lowest BCUT2D eigenvalue weighted by Gasteiger charge is -2.21. The number of urea groups is 1. The van der Waals surface area contributed by atoms with E-state index in [0.29, 0.717) is 13.1 Å². The SMILES string of the molecule is CC(C)[C@@H](NC(N)=O)C(=O)NCc1ccccc1Cn1cncn1. The Morgan fingerprint density at radius 2 is 1.96 bits per heavy atom. The molecule has 24 heavy (non-hydrogen) atoms. The van der Waals surface area contributed by atoms with Crippen molar-refractivity contribution in [2.45, 2.75) is 33.0 Å². The number of primary amides is 1. The normalized spacial score (nSPS) is 12.0. The van der Waals surface area contributed by atoms with E-state index in [1.165, 1.54) is 6.33 Å². The van der Waals surface area contributed by atoms with Crippen LogP contribution in [-0.2, 0) is 17.9 Å². The molecule has 0 aliphatic heterocycles. The molecular weight excluding hydrogens is 308 g/mol. The van der Waals surface area contributed by atoms with E-state index in [9.17, 15) is 9.59 Å². The van der Waals surface area contributed by atoms with Gasteiger partial charge in [0.15, 0.2) is 0 Å². The Bertz CT molecular complexity index is 684. The molecule has 0 aliphatic rings. The molecule has 128 valence electrons. The van der Waals surface area contributed by atoms with Crippen LogP contribution >= 0.6 is 0 Å². The van der Waals surface area contributed by atoms with Gasteiger partial charge < -0.3 is 16.4 Å². The molecule has 8 heteroatoms. The molecule has 0 aliphatic carbocycles. The number of hydrogen-bond acceptors (Lipinski definition) is 4. The van der Waals surface area contributed by atoms with E-state index >= 15 is 0 Å². The molecule has 1 aromatic carbocycles. The second-order valence-corrected chi connectivity index (χ2v) is 5.81. The molecule has 0 fully saturated rings. The van der Waals surface area contributed by atoms with E-state index in [1.807, 2.05) is 38.1 Å². The minimum Gasteiger partial charge on any atom is -0.352 e. The monoisotopic (exact) mass is 330 g/mol. The minimum absolute atomic E-state index is 0.0668. The number of nitrogens with zero attached hydrogens (tertiary/aromatic N) is 3. The summed E-state index contributed by atoms with van der Waals surface area (Å²) in [6, 6.07) is 6.39. The van der Waals surface area contributed by atoms with Crippen molar-refractivity contribution in [1.29, 1.82) is 0 Å². The number of hydrogen-bond donors (Lipinski definition) is 3. The average Bonchev–Trinajstić information content (AvgIpc) is 3.04. The molecule has 4 N–H and O–H groups in total. The van der Waals surface area contributed by atoms with E-state index < -0.39 is 12.1 Å². The predicted octanol–water partition coefficient (Wildman–Crippen LogP) is 0.636. The van der Waals surface area contributed by atoms with Gasteiger partial charge in [-0.25, -0.2) is 14.5 Å². The van der Waals surface area contributed by atoms with Crippen LogP contribution < -0.4 is 16.4 Å². The van der Waals surface area contributed by atoms with Crippen LogP contribution in [0, 0.1) is 5.92 Å². The highest BCUT2D eigenvalue weighted by Gasteiger charge is 2.23. The summed E-state index contributed by atoms with van der Waals surface area (Å²) in [7, 11) is 0. The molecule has 8 nitrogen and oxygen atoms in total. The van der Waals surface area contributed by atoms with Crippen LogP contribution in [0.2, 0.25) is 0 Å². The van der Waals surface area contributed by atoms with Gasteiger partial charge in [-0.3, -0.25) is 4.79 Å². The summed E-state index contributed by atoms with van der Waals surface area (Å²) in [5.41, 5.74) is 7.14. The van der Waals surface area contributed by atoms with Gasteiger partial charge >= 0.3 is 6.03 Å². The van der Waals surface area contributed by atoms with Crippen LogP contribution in [0.15, 0.2) is 36.9 Å². The van der Waals surface area contributed by atoms with Crippen LogP contribution in [0.1, 0.15) is 25.0 Å². The number of benzene rings is 1. The molecule has 1 atom stereocenters. The molecule has 0 saturated carbocycles. The van der Waals surface area contributed by atoms with Crippen molar-refractivity contribution in [3.8, 4) is 0 Å². The summed E-state index contributed by atoms with van der Waals surface area (Å²) in [6.07, 6.45) is 3.12. The Morgan fingerprint density at radius 3 is 2.54 bits per heavy atom. The molecule has 1 heterocycles. The lowest BCUT2D eigenvalue weighted by molar-refractivity contribution is -0.124. The van der Waals surface area contributed by atoms with E-state index in [2.05, 4.69) is 20.7 Å². The van der Waals surface area contributed by atoms with Crippen molar-refractivity contribution >= 4 is 11.9 Å². The Kier molecular flexibility index (Phi) is 5.89. The zero-order valence-electron chi connectivity index (χ0n) is 13.8. The molecular formula is C16H22N6O2. The minimum atomic E-state index is -0.713. The summed E-state index contributed by atoms with van der Waals surface area (Å²) in [4.78, 5) is 27.3. The third-order valence-corrected chi connectivity index (χ3v) is 3.62. The van der Waals surface area contributed by atoms with Crippen molar-refractivity contribution in [3.63, 3.8) is 0 Å². The van der Waals surface area contributed by atoms with E-state index in [0.717, 1.165) is 11.1 Å². The zero-order valence-corrected chi connectivity index (χ0v) is 13.8. The highest BCUT2D eigenvalue weighted by Crippen LogP contribution is 2.10. The maximum absolute atomic E-state index is 12.3. The average molecular weight is 330 g/mol. The van der Waals surface area contributed by atoms with Gasteiger partial charge in [0.05, 0.1) is 6.54 Å². The molecule has 0 radical (unpaired) electrons. The maximum atomic E-state index is 12.3. The standard InChI is InChI=1S/C16H22N6O2/c1-11(2)14(21-16(17)24)15(23)19-7-12-5-3-4-6-13(12)8-22-10-18-9-20-22/h3-6,9-11,14H,7-8H2,1-2H3,(H,19,23)(H3,17,21,24)/t14-/m1/s1. The predicted molar refractivity (Wildman–Crippen MR) is 88.8 cm³/mol. The second-order valence-electron chi connectivity index (χ2n) is 5.81. The molecule has 0 saturated heterocycles. The lowest BCUT2D eigenvalue weighted by atomic mass is 10.0. The van der Waals surface area contributed by atoms with Gasteiger partial charge in [0.1, 0.15) is 18.7 Å². The molecule has 2 aromatic rings. The molecule has 0 bridgehead atoms. The largest absolute Gasteiger partial charge is 0.352 e. The molecule has 0 unspecified atom stereocenters. The number of carbonyl (C=O) groups excluding carboxylic acids is 2. The first-order valence-electron chi connectivity index (χ1n) is 7.70. The van der Waals surface area contributed by atoms with Crippen LogP contribution in [-0.4, -0.2) is 32.7 Å².